The van der Waals surface area contributed by atoms with Crippen molar-refractivity contribution in [3.05, 3.63) is 29.8 Å². The standard InChI is InChI=1S/C14H20ClNO/c1-17-12-6-4-5-11(9-12)10-16-14-8-3-2-7-13(14)15/h4-6,9,13-14,16H,2-3,7-8,10H2,1H3. The zero-order valence-electron chi connectivity index (χ0n) is 10.3. The van der Waals surface area contributed by atoms with Crippen LogP contribution in [0.25, 0.3) is 0 Å². The average molecular weight is 254 g/mol. The zero-order valence-corrected chi connectivity index (χ0v) is 11.0. The van der Waals surface area contributed by atoms with E-state index in [2.05, 4.69) is 17.4 Å². The van der Waals surface area contributed by atoms with Crippen LogP contribution >= 0.6 is 11.6 Å². The Morgan fingerprint density at radius 3 is 2.94 bits per heavy atom. The molecule has 0 amide bonds. The first kappa shape index (κ1) is 12.7. The fraction of sp³-hybridized carbons (Fsp3) is 0.571. The van der Waals surface area contributed by atoms with Crippen molar-refractivity contribution in [1.29, 1.82) is 0 Å². The molecule has 2 unspecified atom stereocenters. The van der Waals surface area contributed by atoms with Crippen LogP contribution < -0.4 is 10.1 Å². The Balaban J connectivity index is 1.88. The van der Waals surface area contributed by atoms with Crippen LogP contribution in [0.15, 0.2) is 24.3 Å². The number of hydrogen-bond donors (Lipinski definition) is 1. The number of rotatable bonds is 4. The minimum absolute atomic E-state index is 0.286. The summed E-state index contributed by atoms with van der Waals surface area (Å²) in [6, 6.07) is 8.63. The average Bonchev–Trinajstić information content (AvgIpc) is 2.38. The minimum atomic E-state index is 0.286. The molecule has 1 aliphatic rings. The third-order valence-electron chi connectivity index (χ3n) is 3.38. The highest BCUT2D eigenvalue weighted by Crippen LogP contribution is 2.23. The van der Waals surface area contributed by atoms with E-state index in [-0.39, 0.29) is 5.38 Å². The molecule has 1 aromatic carbocycles. The van der Waals surface area contributed by atoms with Crippen LogP contribution in [-0.4, -0.2) is 18.5 Å². The van der Waals surface area contributed by atoms with Gasteiger partial charge in [0.25, 0.3) is 0 Å². The van der Waals surface area contributed by atoms with Gasteiger partial charge in [-0.2, -0.15) is 0 Å². The van der Waals surface area contributed by atoms with Crippen LogP contribution in [0.3, 0.4) is 0 Å². The predicted molar refractivity (Wildman–Crippen MR) is 71.7 cm³/mol. The summed E-state index contributed by atoms with van der Waals surface area (Å²) in [7, 11) is 1.70. The maximum absolute atomic E-state index is 6.32. The highest BCUT2D eigenvalue weighted by molar-refractivity contribution is 6.21. The molecule has 0 saturated heterocycles. The van der Waals surface area contributed by atoms with Gasteiger partial charge in [0.1, 0.15) is 5.75 Å². The van der Waals surface area contributed by atoms with Crippen LogP contribution in [0.2, 0.25) is 0 Å². The quantitative estimate of drug-likeness (QED) is 0.831. The van der Waals surface area contributed by atoms with Crippen molar-refractivity contribution in [1.82, 2.24) is 5.32 Å². The second-order valence-electron chi connectivity index (χ2n) is 4.64. The lowest BCUT2D eigenvalue weighted by Crippen LogP contribution is -2.38. The summed E-state index contributed by atoms with van der Waals surface area (Å²) >= 11 is 6.32. The first-order chi connectivity index (χ1) is 8.29. The summed E-state index contributed by atoms with van der Waals surface area (Å²) in [5, 5.41) is 3.84. The molecule has 2 atom stereocenters. The van der Waals surface area contributed by atoms with Gasteiger partial charge in [0.2, 0.25) is 0 Å². The zero-order chi connectivity index (χ0) is 12.1. The van der Waals surface area contributed by atoms with E-state index in [1.807, 2.05) is 12.1 Å². The second-order valence-corrected chi connectivity index (χ2v) is 5.20. The topological polar surface area (TPSA) is 21.3 Å². The van der Waals surface area contributed by atoms with Gasteiger partial charge in [0.05, 0.1) is 7.11 Å². The van der Waals surface area contributed by atoms with Crippen molar-refractivity contribution in [2.45, 2.75) is 43.6 Å². The molecule has 0 spiro atoms. The highest BCUT2D eigenvalue weighted by Gasteiger charge is 2.22. The first-order valence-electron chi connectivity index (χ1n) is 6.30. The van der Waals surface area contributed by atoms with E-state index in [0.29, 0.717) is 6.04 Å². The molecule has 0 bridgehead atoms. The Labute approximate surface area is 108 Å². The van der Waals surface area contributed by atoms with Gasteiger partial charge in [-0.3, -0.25) is 0 Å². The van der Waals surface area contributed by atoms with Gasteiger partial charge in [-0.05, 0) is 30.5 Å². The van der Waals surface area contributed by atoms with Gasteiger partial charge in [-0.25, -0.2) is 0 Å². The van der Waals surface area contributed by atoms with E-state index in [0.717, 1.165) is 18.7 Å². The molecule has 1 fully saturated rings. The number of nitrogens with one attached hydrogen (secondary N) is 1. The monoisotopic (exact) mass is 253 g/mol. The number of benzene rings is 1. The summed E-state index contributed by atoms with van der Waals surface area (Å²) in [6.45, 7) is 0.866. The molecule has 3 heteroatoms. The highest BCUT2D eigenvalue weighted by atomic mass is 35.5. The van der Waals surface area contributed by atoms with Crippen LogP contribution in [0.4, 0.5) is 0 Å². The summed E-state index contributed by atoms with van der Waals surface area (Å²) < 4.78 is 5.21. The Morgan fingerprint density at radius 1 is 1.35 bits per heavy atom. The van der Waals surface area contributed by atoms with Gasteiger partial charge < -0.3 is 10.1 Å². The predicted octanol–water partition coefficient (Wildman–Crippen LogP) is 3.33. The molecular formula is C14H20ClNO. The minimum Gasteiger partial charge on any atom is -0.497 e. The largest absolute Gasteiger partial charge is 0.497 e. The molecule has 0 aromatic heterocycles. The van der Waals surface area contributed by atoms with Crippen LogP contribution in [-0.2, 0) is 6.54 Å². The van der Waals surface area contributed by atoms with Gasteiger partial charge in [0, 0.05) is 18.0 Å². The lowest BCUT2D eigenvalue weighted by Gasteiger charge is -2.28. The number of alkyl halides is 1. The summed E-state index contributed by atoms with van der Waals surface area (Å²) in [4.78, 5) is 0. The lowest BCUT2D eigenvalue weighted by molar-refractivity contribution is 0.377. The van der Waals surface area contributed by atoms with Crippen molar-refractivity contribution < 1.29 is 4.74 Å². The molecule has 1 N–H and O–H groups in total. The number of ether oxygens (including phenoxy) is 1. The van der Waals surface area contributed by atoms with E-state index in [1.165, 1.54) is 24.8 Å². The van der Waals surface area contributed by atoms with Gasteiger partial charge in [-0.15, -0.1) is 11.6 Å². The number of halogens is 1. The number of methoxy groups -OCH3 is 1. The first-order valence-corrected chi connectivity index (χ1v) is 6.73. The maximum atomic E-state index is 6.32. The maximum Gasteiger partial charge on any atom is 0.119 e. The summed E-state index contributed by atoms with van der Waals surface area (Å²) in [5.74, 6) is 0.912. The SMILES string of the molecule is COc1cccc(CNC2CCCCC2Cl)c1. The van der Waals surface area contributed by atoms with Gasteiger partial charge >= 0.3 is 0 Å². The van der Waals surface area contributed by atoms with Crippen molar-refractivity contribution in [2.75, 3.05) is 7.11 Å². The molecule has 0 radical (unpaired) electrons. The molecule has 2 rings (SSSR count). The van der Waals surface area contributed by atoms with Gasteiger partial charge in [-0.1, -0.05) is 25.0 Å². The molecule has 2 nitrogen and oxygen atoms in total. The van der Waals surface area contributed by atoms with Crippen molar-refractivity contribution in [3.8, 4) is 5.75 Å². The molecule has 1 saturated carbocycles. The van der Waals surface area contributed by atoms with Crippen molar-refractivity contribution in [2.24, 2.45) is 0 Å². The van der Waals surface area contributed by atoms with E-state index >= 15 is 0 Å². The molecular weight excluding hydrogens is 234 g/mol. The Morgan fingerprint density at radius 2 is 2.18 bits per heavy atom. The number of hydrogen-bond acceptors (Lipinski definition) is 2. The van der Waals surface area contributed by atoms with E-state index < -0.39 is 0 Å². The van der Waals surface area contributed by atoms with Crippen molar-refractivity contribution >= 4 is 11.6 Å². The smallest absolute Gasteiger partial charge is 0.119 e. The fourth-order valence-corrected chi connectivity index (χ4v) is 2.72. The molecule has 94 valence electrons. The van der Waals surface area contributed by atoms with Crippen molar-refractivity contribution in [3.63, 3.8) is 0 Å². The van der Waals surface area contributed by atoms with E-state index in [1.54, 1.807) is 7.11 Å². The van der Waals surface area contributed by atoms with Crippen LogP contribution in [0.5, 0.6) is 5.75 Å². The fourth-order valence-electron chi connectivity index (χ4n) is 2.35. The molecule has 17 heavy (non-hydrogen) atoms. The molecule has 1 aromatic rings. The third-order valence-corrected chi connectivity index (χ3v) is 3.91. The van der Waals surface area contributed by atoms with Crippen LogP contribution in [0.1, 0.15) is 31.2 Å². The Bertz CT molecular complexity index is 356. The Kier molecular flexibility index (Phi) is 4.69. The summed E-state index contributed by atoms with van der Waals surface area (Å²) in [5.41, 5.74) is 1.25. The second kappa shape index (κ2) is 6.27. The third kappa shape index (κ3) is 3.62. The Hall–Kier alpha value is -0.730. The lowest BCUT2D eigenvalue weighted by atomic mass is 9.95. The molecule has 1 aliphatic carbocycles. The molecule has 0 heterocycles. The molecule has 0 aliphatic heterocycles. The van der Waals surface area contributed by atoms with E-state index in [4.69, 9.17) is 16.3 Å². The summed E-state index contributed by atoms with van der Waals surface area (Å²) in [6.07, 6.45) is 4.89. The van der Waals surface area contributed by atoms with Crippen LogP contribution in [0, 0.1) is 0 Å². The van der Waals surface area contributed by atoms with E-state index in [9.17, 15) is 0 Å². The normalized spacial score (nSPS) is 24.6. The van der Waals surface area contributed by atoms with Gasteiger partial charge in [0.15, 0.2) is 0 Å².